The van der Waals surface area contributed by atoms with E-state index in [0.717, 1.165) is 41.7 Å². The number of carboxylic acids is 1. The monoisotopic (exact) mass is 290 g/mol. The zero-order valence-electron chi connectivity index (χ0n) is 10.8. The summed E-state index contributed by atoms with van der Waals surface area (Å²) in [5.41, 5.74) is 0.0504. The molecule has 1 aliphatic heterocycles. The summed E-state index contributed by atoms with van der Waals surface area (Å²) in [5, 5.41) is 18.1. The van der Waals surface area contributed by atoms with E-state index in [1.54, 1.807) is 12.3 Å². The minimum Gasteiger partial charge on any atom is -0.477 e. The van der Waals surface area contributed by atoms with Crippen LogP contribution in [0.15, 0.2) is 28.4 Å². The first-order valence-electron chi connectivity index (χ1n) is 6.53. The normalized spacial score (nSPS) is 14.6. The Morgan fingerprint density at radius 1 is 1.25 bits per heavy atom. The van der Waals surface area contributed by atoms with Gasteiger partial charge in [0.2, 0.25) is 0 Å². The Balaban J connectivity index is 1.81. The minimum absolute atomic E-state index is 0.0504. The molecule has 104 valence electrons. The Morgan fingerprint density at radius 3 is 2.90 bits per heavy atom. The molecule has 0 atom stereocenters. The molecule has 0 saturated heterocycles. The highest BCUT2D eigenvalue weighted by atomic mass is 32.2. The van der Waals surface area contributed by atoms with Crippen LogP contribution in [-0.2, 0) is 13.0 Å². The predicted octanol–water partition coefficient (Wildman–Crippen LogP) is 2.25. The standard InChI is InChI=1S/C13H14N4O2S/c18-12(19)10-6-5-9(8-14-10)20-13-16-15-11-4-2-1-3-7-17(11)13/h5-6,8H,1-4,7H2,(H,18,19). The molecule has 1 aliphatic rings. The fraction of sp³-hybridized carbons (Fsp3) is 0.385. The first-order valence-corrected chi connectivity index (χ1v) is 7.35. The van der Waals surface area contributed by atoms with Crippen molar-refractivity contribution >= 4 is 17.7 Å². The van der Waals surface area contributed by atoms with Gasteiger partial charge in [0.15, 0.2) is 5.16 Å². The maximum atomic E-state index is 10.8. The summed E-state index contributed by atoms with van der Waals surface area (Å²) in [6.07, 6.45) is 6.07. The van der Waals surface area contributed by atoms with Crippen molar-refractivity contribution in [2.45, 2.75) is 42.3 Å². The van der Waals surface area contributed by atoms with Crippen LogP contribution in [0.5, 0.6) is 0 Å². The molecule has 6 nitrogen and oxygen atoms in total. The number of aromatic nitrogens is 4. The fourth-order valence-electron chi connectivity index (χ4n) is 2.21. The number of aryl methyl sites for hydroxylation is 1. The van der Waals surface area contributed by atoms with Crippen LogP contribution in [0.1, 0.15) is 35.6 Å². The minimum atomic E-state index is -1.02. The van der Waals surface area contributed by atoms with Crippen LogP contribution in [-0.4, -0.2) is 30.8 Å². The lowest BCUT2D eigenvalue weighted by Gasteiger charge is -2.06. The lowest BCUT2D eigenvalue weighted by Crippen LogP contribution is -2.02. The molecule has 0 saturated carbocycles. The number of carboxylic acid groups (broad SMARTS) is 1. The van der Waals surface area contributed by atoms with Gasteiger partial charge in [-0.1, -0.05) is 6.42 Å². The summed E-state index contributed by atoms with van der Waals surface area (Å²) in [7, 11) is 0. The van der Waals surface area contributed by atoms with Gasteiger partial charge in [0.25, 0.3) is 0 Å². The third-order valence-corrected chi connectivity index (χ3v) is 4.20. The number of nitrogens with zero attached hydrogens (tertiary/aromatic N) is 4. The molecular formula is C13H14N4O2S. The molecule has 0 amide bonds. The predicted molar refractivity (Wildman–Crippen MR) is 72.9 cm³/mol. The van der Waals surface area contributed by atoms with Gasteiger partial charge in [0.1, 0.15) is 11.5 Å². The molecule has 0 fully saturated rings. The van der Waals surface area contributed by atoms with Crippen molar-refractivity contribution in [2.24, 2.45) is 0 Å². The summed E-state index contributed by atoms with van der Waals surface area (Å²) >= 11 is 1.47. The van der Waals surface area contributed by atoms with Crippen molar-refractivity contribution in [1.29, 1.82) is 0 Å². The van der Waals surface area contributed by atoms with E-state index < -0.39 is 5.97 Å². The molecule has 0 bridgehead atoms. The van der Waals surface area contributed by atoms with Crippen LogP contribution in [0.3, 0.4) is 0 Å². The van der Waals surface area contributed by atoms with Crippen LogP contribution in [0.25, 0.3) is 0 Å². The van der Waals surface area contributed by atoms with Crippen LogP contribution in [0.2, 0.25) is 0 Å². The topological polar surface area (TPSA) is 80.9 Å². The van der Waals surface area contributed by atoms with Crippen molar-refractivity contribution < 1.29 is 9.90 Å². The van der Waals surface area contributed by atoms with E-state index in [9.17, 15) is 4.79 Å². The molecule has 20 heavy (non-hydrogen) atoms. The summed E-state index contributed by atoms with van der Waals surface area (Å²) in [5.74, 6) is 0.0259. The van der Waals surface area contributed by atoms with Crippen molar-refractivity contribution in [3.63, 3.8) is 0 Å². The second-order valence-corrected chi connectivity index (χ2v) is 5.69. The Kier molecular flexibility index (Phi) is 3.68. The van der Waals surface area contributed by atoms with Gasteiger partial charge in [0, 0.05) is 24.1 Å². The number of hydrogen-bond acceptors (Lipinski definition) is 5. The van der Waals surface area contributed by atoms with Crippen molar-refractivity contribution in [1.82, 2.24) is 19.7 Å². The van der Waals surface area contributed by atoms with Gasteiger partial charge >= 0.3 is 5.97 Å². The zero-order chi connectivity index (χ0) is 13.9. The van der Waals surface area contributed by atoms with E-state index >= 15 is 0 Å². The maximum absolute atomic E-state index is 10.8. The largest absolute Gasteiger partial charge is 0.477 e. The SMILES string of the molecule is O=C(O)c1ccc(Sc2nnc3n2CCCCC3)cn1. The molecule has 0 aromatic carbocycles. The summed E-state index contributed by atoms with van der Waals surface area (Å²) in [6.45, 7) is 0.950. The van der Waals surface area contributed by atoms with Crippen LogP contribution < -0.4 is 0 Å². The van der Waals surface area contributed by atoms with E-state index in [-0.39, 0.29) is 5.69 Å². The van der Waals surface area contributed by atoms with E-state index in [1.165, 1.54) is 24.2 Å². The maximum Gasteiger partial charge on any atom is 0.354 e. The summed E-state index contributed by atoms with van der Waals surface area (Å²) in [6, 6.07) is 3.25. The summed E-state index contributed by atoms with van der Waals surface area (Å²) < 4.78 is 2.16. The van der Waals surface area contributed by atoms with E-state index in [1.807, 2.05) is 0 Å². The molecule has 7 heteroatoms. The van der Waals surface area contributed by atoms with Gasteiger partial charge in [-0.25, -0.2) is 9.78 Å². The smallest absolute Gasteiger partial charge is 0.354 e. The second-order valence-electron chi connectivity index (χ2n) is 4.65. The molecule has 3 heterocycles. The highest BCUT2D eigenvalue weighted by molar-refractivity contribution is 7.99. The van der Waals surface area contributed by atoms with Crippen LogP contribution in [0, 0.1) is 0 Å². The van der Waals surface area contributed by atoms with Gasteiger partial charge < -0.3 is 9.67 Å². The average Bonchev–Trinajstić information content (AvgIpc) is 2.69. The van der Waals surface area contributed by atoms with Crippen molar-refractivity contribution in [3.05, 3.63) is 29.8 Å². The van der Waals surface area contributed by atoms with Gasteiger partial charge in [-0.3, -0.25) is 0 Å². The van der Waals surface area contributed by atoms with Crippen molar-refractivity contribution in [2.75, 3.05) is 0 Å². The van der Waals surface area contributed by atoms with Crippen LogP contribution >= 0.6 is 11.8 Å². The molecule has 0 radical (unpaired) electrons. The second kappa shape index (κ2) is 5.62. The average molecular weight is 290 g/mol. The zero-order valence-corrected chi connectivity index (χ0v) is 11.6. The third-order valence-electron chi connectivity index (χ3n) is 3.24. The molecular weight excluding hydrogens is 276 g/mol. The number of rotatable bonds is 3. The fourth-order valence-corrected chi connectivity index (χ4v) is 3.05. The Bertz CT molecular complexity index is 624. The number of pyridine rings is 1. The van der Waals surface area contributed by atoms with Gasteiger partial charge in [0.05, 0.1) is 0 Å². The summed E-state index contributed by atoms with van der Waals surface area (Å²) in [4.78, 5) is 15.5. The number of hydrogen-bond donors (Lipinski definition) is 1. The first kappa shape index (κ1) is 13.1. The molecule has 0 spiro atoms. The highest BCUT2D eigenvalue weighted by Gasteiger charge is 2.15. The molecule has 0 aliphatic carbocycles. The van der Waals surface area contributed by atoms with Gasteiger partial charge in [-0.05, 0) is 36.7 Å². The Labute approximate surface area is 120 Å². The number of aromatic carboxylic acids is 1. The molecule has 0 unspecified atom stereocenters. The first-order chi connectivity index (χ1) is 9.74. The molecule has 2 aromatic rings. The molecule has 2 aromatic heterocycles. The third kappa shape index (κ3) is 2.67. The number of carbonyl (C=O) groups is 1. The lowest BCUT2D eigenvalue weighted by atomic mass is 10.2. The van der Waals surface area contributed by atoms with Crippen molar-refractivity contribution in [3.8, 4) is 0 Å². The lowest BCUT2D eigenvalue weighted by molar-refractivity contribution is 0.0690. The Morgan fingerprint density at radius 2 is 2.15 bits per heavy atom. The number of fused-ring (bicyclic) bond motifs is 1. The van der Waals surface area contributed by atoms with Gasteiger partial charge in [-0.2, -0.15) is 0 Å². The van der Waals surface area contributed by atoms with E-state index in [0.29, 0.717) is 0 Å². The highest BCUT2D eigenvalue weighted by Crippen LogP contribution is 2.28. The Hall–Kier alpha value is -1.89. The van der Waals surface area contributed by atoms with E-state index in [4.69, 9.17) is 5.11 Å². The molecule has 3 rings (SSSR count). The molecule has 1 N–H and O–H groups in total. The quantitative estimate of drug-likeness (QED) is 0.933. The van der Waals surface area contributed by atoms with Gasteiger partial charge in [-0.15, -0.1) is 10.2 Å². The van der Waals surface area contributed by atoms with Crippen LogP contribution in [0.4, 0.5) is 0 Å². The van der Waals surface area contributed by atoms with E-state index in [2.05, 4.69) is 19.7 Å².